The highest BCUT2D eigenvalue weighted by Crippen LogP contribution is 2.48. The van der Waals surface area contributed by atoms with E-state index in [0.29, 0.717) is 17.4 Å². The molecule has 4 nitrogen and oxygen atoms in total. The lowest BCUT2D eigenvalue weighted by Gasteiger charge is -2.39. The minimum atomic E-state index is -0.379. The normalized spacial score (nSPS) is 22.7. The van der Waals surface area contributed by atoms with Gasteiger partial charge >= 0.3 is 5.97 Å². The Morgan fingerprint density at radius 2 is 1.47 bits per heavy atom. The van der Waals surface area contributed by atoms with Crippen LogP contribution in [-0.2, 0) is 14.3 Å². The number of esters is 1. The van der Waals surface area contributed by atoms with Crippen molar-refractivity contribution in [3.05, 3.63) is 57.7 Å². The number of ketones is 1. The molecule has 34 heavy (non-hydrogen) atoms. The monoisotopic (exact) mass is 477 g/mol. The molecule has 1 unspecified atom stereocenters. The lowest BCUT2D eigenvalue weighted by atomic mass is 9.72. The fourth-order valence-electron chi connectivity index (χ4n) is 6.43. The molecule has 2 heterocycles. The van der Waals surface area contributed by atoms with Gasteiger partial charge in [-0.15, -0.1) is 11.3 Å². The third-order valence-corrected chi connectivity index (χ3v) is 9.04. The van der Waals surface area contributed by atoms with Gasteiger partial charge in [0.25, 0.3) is 0 Å². The van der Waals surface area contributed by atoms with Crippen LogP contribution in [0.3, 0.4) is 0 Å². The number of dihydropyridines is 1. The maximum absolute atomic E-state index is 13.5. The molecule has 1 N–H and O–H groups in total. The summed E-state index contributed by atoms with van der Waals surface area (Å²) < 4.78 is 6.57. The highest BCUT2D eigenvalue weighted by molar-refractivity contribution is 7.17. The molecule has 2 fully saturated rings. The predicted molar refractivity (Wildman–Crippen MR) is 138 cm³/mol. The Labute approximate surface area is 206 Å². The topological polar surface area (TPSA) is 55.4 Å². The van der Waals surface area contributed by atoms with Crippen LogP contribution >= 0.6 is 11.3 Å². The lowest BCUT2D eigenvalue weighted by Crippen LogP contribution is -2.38. The molecule has 2 saturated carbocycles. The molecule has 1 atom stereocenters. The zero-order chi connectivity index (χ0) is 23.7. The maximum atomic E-state index is 13.5. The third kappa shape index (κ3) is 4.24. The highest BCUT2D eigenvalue weighted by atomic mass is 32.1. The number of benzene rings is 1. The van der Waals surface area contributed by atoms with Crippen molar-refractivity contribution in [1.29, 1.82) is 0 Å². The molecule has 180 valence electrons. The fourth-order valence-corrected chi connectivity index (χ4v) is 7.41. The molecule has 5 heteroatoms. The molecule has 0 amide bonds. The summed E-state index contributed by atoms with van der Waals surface area (Å²) in [7, 11) is 1.46. The lowest BCUT2D eigenvalue weighted by molar-refractivity contribution is -0.136. The van der Waals surface area contributed by atoms with Crippen molar-refractivity contribution in [1.82, 2.24) is 5.32 Å². The summed E-state index contributed by atoms with van der Waals surface area (Å²) in [5.41, 5.74) is 4.60. The Morgan fingerprint density at radius 3 is 2.06 bits per heavy atom. The predicted octanol–water partition coefficient (Wildman–Crippen LogP) is 7.02. The van der Waals surface area contributed by atoms with Crippen molar-refractivity contribution in [2.75, 3.05) is 7.11 Å². The molecule has 0 radical (unpaired) electrons. The number of nitrogens with one attached hydrogen (secondary N) is 1. The fraction of sp³-hybridized carbons (Fsp3) is 0.517. The van der Waals surface area contributed by atoms with E-state index in [-0.39, 0.29) is 17.7 Å². The van der Waals surface area contributed by atoms with Crippen LogP contribution in [0.5, 0.6) is 0 Å². The van der Waals surface area contributed by atoms with E-state index in [9.17, 15) is 9.59 Å². The first-order chi connectivity index (χ1) is 16.6. The van der Waals surface area contributed by atoms with E-state index < -0.39 is 0 Å². The van der Waals surface area contributed by atoms with E-state index in [1.807, 2.05) is 12.1 Å². The van der Waals surface area contributed by atoms with Gasteiger partial charge < -0.3 is 10.1 Å². The average Bonchev–Trinajstić information content (AvgIpc) is 3.32. The molecule has 1 aromatic carbocycles. The molecule has 0 spiro atoms. The van der Waals surface area contributed by atoms with E-state index in [2.05, 4.69) is 22.8 Å². The van der Waals surface area contributed by atoms with Gasteiger partial charge in [0.05, 0.1) is 12.7 Å². The Morgan fingerprint density at radius 1 is 0.882 bits per heavy atom. The number of thiophene rings is 1. The number of carbonyl (C=O) groups is 2. The second-order valence-electron chi connectivity index (χ2n) is 10.1. The SMILES string of the molecule is COC(=O)C1=C(C2CCCCC2)NC(C2CCCCC2)=C(C(C)=O)C1c1csc2ccccc12. The van der Waals surface area contributed by atoms with Crippen molar-refractivity contribution in [2.45, 2.75) is 77.0 Å². The summed E-state index contributed by atoms with van der Waals surface area (Å²) in [6, 6.07) is 8.33. The number of carbonyl (C=O) groups excluding carboxylic acids is 2. The summed E-state index contributed by atoms with van der Waals surface area (Å²) in [6.45, 7) is 1.67. The largest absolute Gasteiger partial charge is 0.466 e. The van der Waals surface area contributed by atoms with E-state index >= 15 is 0 Å². The molecule has 0 saturated heterocycles. The van der Waals surface area contributed by atoms with Crippen molar-refractivity contribution in [2.24, 2.45) is 11.8 Å². The molecule has 2 aliphatic carbocycles. The van der Waals surface area contributed by atoms with Gasteiger partial charge in [-0.1, -0.05) is 56.7 Å². The number of methoxy groups -OCH3 is 1. The van der Waals surface area contributed by atoms with Crippen LogP contribution in [0.1, 0.15) is 82.6 Å². The van der Waals surface area contributed by atoms with E-state index in [1.54, 1.807) is 18.3 Å². The van der Waals surface area contributed by atoms with Crippen LogP contribution in [-0.4, -0.2) is 18.9 Å². The second kappa shape index (κ2) is 10.1. The maximum Gasteiger partial charge on any atom is 0.336 e. The molecular formula is C29H35NO3S. The van der Waals surface area contributed by atoms with Gasteiger partial charge in [0, 0.05) is 27.6 Å². The quantitative estimate of drug-likeness (QED) is 0.470. The van der Waals surface area contributed by atoms with Gasteiger partial charge in [-0.25, -0.2) is 4.79 Å². The number of allylic oxidation sites excluding steroid dienone is 3. The molecule has 0 bridgehead atoms. The van der Waals surface area contributed by atoms with Gasteiger partial charge in [0.1, 0.15) is 0 Å². The van der Waals surface area contributed by atoms with Crippen LogP contribution in [0.2, 0.25) is 0 Å². The van der Waals surface area contributed by atoms with Gasteiger partial charge in [0.2, 0.25) is 0 Å². The Bertz CT molecular complexity index is 1150. The molecule has 1 aromatic heterocycles. The smallest absolute Gasteiger partial charge is 0.336 e. The number of fused-ring (bicyclic) bond motifs is 1. The molecule has 2 aromatic rings. The highest BCUT2D eigenvalue weighted by Gasteiger charge is 2.42. The van der Waals surface area contributed by atoms with Gasteiger partial charge in [-0.2, -0.15) is 0 Å². The molecular weight excluding hydrogens is 442 g/mol. The van der Waals surface area contributed by atoms with E-state index in [4.69, 9.17) is 4.74 Å². The number of ether oxygens (including phenoxy) is 1. The zero-order valence-corrected chi connectivity index (χ0v) is 21.1. The number of rotatable bonds is 5. The van der Waals surface area contributed by atoms with Crippen molar-refractivity contribution in [3.63, 3.8) is 0 Å². The third-order valence-electron chi connectivity index (χ3n) is 8.06. The minimum Gasteiger partial charge on any atom is -0.466 e. The van der Waals surface area contributed by atoms with Crippen molar-refractivity contribution < 1.29 is 14.3 Å². The minimum absolute atomic E-state index is 0.0532. The Balaban J connectivity index is 1.76. The van der Waals surface area contributed by atoms with Crippen LogP contribution in [0, 0.1) is 11.8 Å². The standard InChI is InChI=1S/C29H35NO3S/c1-18(31)24-25(22-17-34-23-16-10-9-15-21(22)23)26(29(32)33-2)28(20-13-7-4-8-14-20)30-27(24)19-11-5-3-6-12-19/h9-10,15-17,19-20,25,30H,3-8,11-14H2,1-2H3. The Hall–Kier alpha value is -2.40. The average molecular weight is 478 g/mol. The summed E-state index contributed by atoms with van der Waals surface area (Å²) in [6.07, 6.45) is 11.6. The van der Waals surface area contributed by atoms with Gasteiger partial charge in [0.15, 0.2) is 5.78 Å². The van der Waals surface area contributed by atoms with Crippen LogP contribution < -0.4 is 5.32 Å². The number of hydrogen-bond acceptors (Lipinski definition) is 5. The summed E-state index contributed by atoms with van der Waals surface area (Å²) in [5.74, 6) is 0.0173. The first-order valence-electron chi connectivity index (χ1n) is 12.9. The Kier molecular flexibility index (Phi) is 6.91. The van der Waals surface area contributed by atoms with Crippen LogP contribution in [0.25, 0.3) is 10.1 Å². The number of Topliss-reactive ketones (excluding diaryl/α,β-unsaturated/α-hetero) is 1. The zero-order valence-electron chi connectivity index (χ0n) is 20.3. The summed E-state index contributed by atoms with van der Waals surface area (Å²) in [5, 5.41) is 7.06. The van der Waals surface area contributed by atoms with Gasteiger partial charge in [-0.3, -0.25) is 4.79 Å². The van der Waals surface area contributed by atoms with E-state index in [1.165, 1.54) is 50.3 Å². The van der Waals surface area contributed by atoms with Crippen LogP contribution in [0.15, 0.2) is 52.2 Å². The first kappa shape index (κ1) is 23.3. The van der Waals surface area contributed by atoms with E-state index in [0.717, 1.165) is 53.6 Å². The van der Waals surface area contributed by atoms with Crippen molar-refractivity contribution in [3.8, 4) is 0 Å². The molecule has 1 aliphatic heterocycles. The summed E-state index contributed by atoms with van der Waals surface area (Å²) in [4.78, 5) is 26.8. The summed E-state index contributed by atoms with van der Waals surface area (Å²) >= 11 is 1.69. The van der Waals surface area contributed by atoms with Crippen molar-refractivity contribution >= 4 is 33.2 Å². The molecule has 5 rings (SSSR count). The van der Waals surface area contributed by atoms with Crippen LogP contribution in [0.4, 0.5) is 0 Å². The molecule has 3 aliphatic rings. The number of hydrogen-bond donors (Lipinski definition) is 1. The first-order valence-corrected chi connectivity index (χ1v) is 13.8. The second-order valence-corrected chi connectivity index (χ2v) is 11.0. The van der Waals surface area contributed by atoms with Gasteiger partial charge in [-0.05, 0) is 66.8 Å².